The second-order valence-electron chi connectivity index (χ2n) is 6.99. The first-order chi connectivity index (χ1) is 13.5. The molecule has 1 fully saturated rings. The van der Waals surface area contributed by atoms with Gasteiger partial charge in [0.25, 0.3) is 0 Å². The molecule has 1 unspecified atom stereocenters. The number of hydrogen-bond acceptors (Lipinski definition) is 6. The van der Waals surface area contributed by atoms with Gasteiger partial charge in [-0.15, -0.1) is 0 Å². The van der Waals surface area contributed by atoms with Crippen molar-refractivity contribution in [3.63, 3.8) is 0 Å². The van der Waals surface area contributed by atoms with Crippen LogP contribution in [0.1, 0.15) is 70.3 Å². The maximum absolute atomic E-state index is 13.5. The molecule has 156 valence electrons. The van der Waals surface area contributed by atoms with Crippen LogP contribution in [0, 0.1) is 0 Å². The Morgan fingerprint density at radius 2 is 1.97 bits per heavy atom. The lowest BCUT2D eigenvalue weighted by atomic mass is 9.99. The van der Waals surface area contributed by atoms with Gasteiger partial charge in [0, 0.05) is 12.0 Å². The molecule has 29 heavy (non-hydrogen) atoms. The number of ketones is 1. The number of aromatic nitrogens is 1. The van der Waals surface area contributed by atoms with Crippen molar-refractivity contribution in [2.75, 3.05) is 6.26 Å². The zero-order chi connectivity index (χ0) is 21.5. The lowest BCUT2D eigenvalue weighted by Crippen LogP contribution is -2.24. The van der Waals surface area contributed by atoms with E-state index in [0.717, 1.165) is 25.2 Å². The molecular formula is C19H18F3NO5S. The number of esters is 1. The fraction of sp³-hybridized carbons (Fsp3) is 0.421. The largest absolute Gasteiger partial charge is 0.612 e. The van der Waals surface area contributed by atoms with Gasteiger partial charge >= 0.3 is 12.1 Å². The Morgan fingerprint density at radius 1 is 1.31 bits per heavy atom. The van der Waals surface area contributed by atoms with Crippen molar-refractivity contribution in [1.29, 1.82) is 0 Å². The molecule has 0 bridgehead atoms. The third-order valence-corrected chi connectivity index (χ3v) is 5.28. The fourth-order valence-corrected chi connectivity index (χ4v) is 3.82. The maximum Gasteiger partial charge on any atom is 0.417 e. The summed E-state index contributed by atoms with van der Waals surface area (Å²) in [5.41, 5.74) is -2.68. The second kappa shape index (κ2) is 7.83. The minimum Gasteiger partial charge on any atom is -0.612 e. The van der Waals surface area contributed by atoms with E-state index >= 15 is 0 Å². The molecule has 1 aliphatic carbocycles. The van der Waals surface area contributed by atoms with Crippen LogP contribution in [0.15, 0.2) is 27.6 Å². The molecule has 1 heterocycles. The number of carbonyl (C=O) groups is 2. The van der Waals surface area contributed by atoms with E-state index in [9.17, 15) is 27.3 Å². The highest BCUT2D eigenvalue weighted by Crippen LogP contribution is 2.41. The average Bonchev–Trinajstić information content (AvgIpc) is 3.35. The molecule has 1 atom stereocenters. The molecule has 1 aromatic heterocycles. The van der Waals surface area contributed by atoms with Crippen LogP contribution in [-0.4, -0.2) is 33.8 Å². The van der Waals surface area contributed by atoms with Crippen molar-refractivity contribution in [2.24, 2.45) is 0 Å². The number of carbonyl (C=O) groups excluding carboxylic acids is 2. The summed E-state index contributed by atoms with van der Waals surface area (Å²) in [6, 6.07) is 2.94. The van der Waals surface area contributed by atoms with E-state index in [1.807, 2.05) is 0 Å². The van der Waals surface area contributed by atoms with Gasteiger partial charge in [0.05, 0.1) is 17.2 Å². The third kappa shape index (κ3) is 4.48. The Bertz CT molecular complexity index is 948. The van der Waals surface area contributed by atoms with Crippen molar-refractivity contribution in [1.82, 2.24) is 5.16 Å². The van der Waals surface area contributed by atoms with Gasteiger partial charge in [-0.05, 0) is 50.0 Å². The highest BCUT2D eigenvalue weighted by atomic mass is 32.2. The number of ether oxygens (including phenoxy) is 1. The van der Waals surface area contributed by atoms with Crippen LogP contribution in [0.4, 0.5) is 13.2 Å². The topological polar surface area (TPSA) is 92.5 Å². The molecule has 0 radical (unpaired) electrons. The molecule has 2 aromatic rings. The first-order valence-electron chi connectivity index (χ1n) is 8.80. The van der Waals surface area contributed by atoms with Crippen molar-refractivity contribution in [2.45, 2.75) is 49.8 Å². The predicted molar refractivity (Wildman–Crippen MR) is 96.2 cm³/mol. The molecule has 0 N–H and O–H groups in total. The molecule has 0 spiro atoms. The van der Waals surface area contributed by atoms with E-state index < -0.39 is 51.2 Å². The van der Waals surface area contributed by atoms with E-state index in [1.54, 1.807) is 0 Å². The number of alkyl halides is 3. The van der Waals surface area contributed by atoms with Gasteiger partial charge in [-0.25, -0.2) is 4.79 Å². The smallest absolute Gasteiger partial charge is 0.417 e. The van der Waals surface area contributed by atoms with Crippen molar-refractivity contribution >= 4 is 22.9 Å². The average molecular weight is 429 g/mol. The first-order valence-corrected chi connectivity index (χ1v) is 10.4. The first kappa shape index (κ1) is 21.4. The number of benzene rings is 1. The van der Waals surface area contributed by atoms with Gasteiger partial charge in [-0.3, -0.25) is 4.79 Å². The summed E-state index contributed by atoms with van der Waals surface area (Å²) in [6.45, 7) is 2.94. The highest BCUT2D eigenvalue weighted by Gasteiger charge is 2.42. The summed E-state index contributed by atoms with van der Waals surface area (Å²) in [6.07, 6.45) is -2.72. The number of nitrogens with zero attached hydrogens (tertiary/aromatic N) is 1. The van der Waals surface area contributed by atoms with E-state index in [4.69, 9.17) is 9.26 Å². The van der Waals surface area contributed by atoms with Gasteiger partial charge in [0.1, 0.15) is 17.6 Å². The van der Waals surface area contributed by atoms with E-state index in [-0.39, 0.29) is 17.2 Å². The van der Waals surface area contributed by atoms with Gasteiger partial charge in [0.15, 0.2) is 10.6 Å². The Labute approximate surface area is 167 Å². The zero-order valence-electron chi connectivity index (χ0n) is 15.8. The summed E-state index contributed by atoms with van der Waals surface area (Å²) in [7, 11) is 0. The minimum absolute atomic E-state index is 0.124. The summed E-state index contributed by atoms with van der Waals surface area (Å²) < 4.78 is 63.0. The molecule has 0 aliphatic heterocycles. The summed E-state index contributed by atoms with van der Waals surface area (Å²) in [4.78, 5) is 24.8. The Hall–Kier alpha value is -2.33. The van der Waals surface area contributed by atoms with Crippen LogP contribution in [-0.2, 0) is 22.1 Å². The van der Waals surface area contributed by atoms with Gasteiger partial charge in [-0.1, -0.05) is 5.16 Å². The lowest BCUT2D eigenvalue weighted by Gasteiger charge is -2.19. The molecule has 1 aliphatic rings. The third-order valence-electron chi connectivity index (χ3n) is 4.28. The monoisotopic (exact) mass is 429 g/mol. The normalized spacial score (nSPS) is 15.4. The lowest BCUT2D eigenvalue weighted by molar-refractivity contribution is -0.138. The number of rotatable bonds is 6. The Balaban J connectivity index is 2.16. The fourth-order valence-electron chi connectivity index (χ4n) is 2.87. The van der Waals surface area contributed by atoms with Crippen molar-refractivity contribution < 1.29 is 36.6 Å². The number of halogens is 3. The van der Waals surface area contributed by atoms with Gasteiger partial charge in [-0.2, -0.15) is 13.2 Å². The number of hydrogen-bond donors (Lipinski definition) is 0. The quantitative estimate of drug-likeness (QED) is 0.390. The molecular weight excluding hydrogens is 411 g/mol. The van der Waals surface area contributed by atoms with Crippen LogP contribution < -0.4 is 0 Å². The second-order valence-corrected chi connectivity index (χ2v) is 8.31. The highest BCUT2D eigenvalue weighted by molar-refractivity contribution is 7.90. The summed E-state index contributed by atoms with van der Waals surface area (Å²) >= 11 is -2.10. The van der Waals surface area contributed by atoms with Crippen molar-refractivity contribution in [3.8, 4) is 0 Å². The van der Waals surface area contributed by atoms with E-state index in [1.165, 1.54) is 19.9 Å². The van der Waals surface area contributed by atoms with Crippen LogP contribution in [0.25, 0.3) is 0 Å². The maximum atomic E-state index is 13.5. The van der Waals surface area contributed by atoms with Gasteiger partial charge < -0.3 is 13.8 Å². The molecule has 1 aromatic carbocycles. The Morgan fingerprint density at radius 3 is 2.48 bits per heavy atom. The molecule has 6 nitrogen and oxygen atoms in total. The molecule has 0 saturated heterocycles. The van der Waals surface area contributed by atoms with Crippen LogP contribution >= 0.6 is 0 Å². The molecule has 1 saturated carbocycles. The Kier molecular flexibility index (Phi) is 5.77. The summed E-state index contributed by atoms with van der Waals surface area (Å²) in [5, 5.41) is 3.69. The SMILES string of the molecule is CC(C)OC(=O)c1c(C(F)(F)F)ccc(C(=O)c2cc(C3CC3)on2)c1[S+](C)[O-]. The molecule has 0 amide bonds. The predicted octanol–water partition coefficient (Wildman–Crippen LogP) is 4.10. The van der Waals surface area contributed by atoms with E-state index in [2.05, 4.69) is 5.16 Å². The van der Waals surface area contributed by atoms with Crippen LogP contribution in [0.2, 0.25) is 0 Å². The van der Waals surface area contributed by atoms with Crippen LogP contribution in [0.5, 0.6) is 0 Å². The molecule has 3 rings (SSSR count). The van der Waals surface area contributed by atoms with Crippen LogP contribution in [0.3, 0.4) is 0 Å². The molecule has 10 heteroatoms. The standard InChI is InChI=1S/C19H18F3NO5S/c1-9(2)27-18(25)15-12(19(20,21)22)7-6-11(17(15)29(3)26)16(24)13-8-14(28-23-13)10-4-5-10/h6-10H,4-5H2,1-3H3. The van der Waals surface area contributed by atoms with E-state index in [0.29, 0.717) is 11.8 Å². The van der Waals surface area contributed by atoms with Crippen molar-refractivity contribution in [3.05, 3.63) is 46.3 Å². The summed E-state index contributed by atoms with van der Waals surface area (Å²) in [5.74, 6) is -1.39. The zero-order valence-corrected chi connectivity index (χ0v) is 16.6. The minimum atomic E-state index is -4.91. The van der Waals surface area contributed by atoms with Gasteiger partial charge in [0.2, 0.25) is 5.78 Å².